The first-order valence-electron chi connectivity index (χ1n) is 7.50. The van der Waals surface area contributed by atoms with Gasteiger partial charge in [0.15, 0.2) is 0 Å². The van der Waals surface area contributed by atoms with Crippen molar-refractivity contribution in [1.29, 1.82) is 0 Å². The maximum atomic E-state index is 12.3. The summed E-state index contributed by atoms with van der Waals surface area (Å²) in [4.78, 5) is 25.8. The third-order valence-electron chi connectivity index (χ3n) is 3.29. The molecule has 1 N–H and O–H groups in total. The Hall–Kier alpha value is -1.30. The molecule has 21 heavy (non-hydrogen) atoms. The summed E-state index contributed by atoms with van der Waals surface area (Å²) in [7, 11) is 1.59. The highest BCUT2D eigenvalue weighted by Crippen LogP contribution is 2.14. The Bertz CT molecular complexity index is 365. The third kappa shape index (κ3) is 6.33. The van der Waals surface area contributed by atoms with Crippen molar-refractivity contribution in [3.63, 3.8) is 0 Å². The molecule has 6 heteroatoms. The van der Waals surface area contributed by atoms with Crippen LogP contribution in [-0.4, -0.2) is 55.3 Å². The minimum Gasteiger partial charge on any atom is -0.444 e. The Morgan fingerprint density at radius 1 is 1.38 bits per heavy atom. The Morgan fingerprint density at radius 3 is 2.62 bits per heavy atom. The van der Waals surface area contributed by atoms with Crippen molar-refractivity contribution >= 4 is 12.0 Å². The van der Waals surface area contributed by atoms with Gasteiger partial charge in [-0.25, -0.2) is 4.79 Å². The number of ether oxygens (including phenoxy) is 2. The molecule has 1 rings (SSSR count). The van der Waals surface area contributed by atoms with Gasteiger partial charge in [0.25, 0.3) is 0 Å². The summed E-state index contributed by atoms with van der Waals surface area (Å²) in [6, 6.07) is -0.0488. The number of nitrogens with one attached hydrogen (secondary N) is 1. The average Bonchev–Trinajstić information content (AvgIpc) is 2.36. The molecule has 0 bridgehead atoms. The summed E-state index contributed by atoms with van der Waals surface area (Å²) in [6.07, 6.45) is 1.32. The number of rotatable bonds is 4. The number of carbonyl (C=O) groups excluding carboxylic acids is 2. The molecule has 0 aliphatic carbocycles. The lowest BCUT2D eigenvalue weighted by Crippen LogP contribution is -2.51. The van der Waals surface area contributed by atoms with Crippen LogP contribution in [0.3, 0.4) is 0 Å². The molecule has 122 valence electrons. The first-order valence-corrected chi connectivity index (χ1v) is 7.50. The minimum atomic E-state index is -0.513. The summed E-state index contributed by atoms with van der Waals surface area (Å²) < 4.78 is 10.3. The van der Waals surface area contributed by atoms with Gasteiger partial charge < -0.3 is 19.7 Å². The second-order valence-corrected chi connectivity index (χ2v) is 6.63. The first-order chi connectivity index (χ1) is 9.73. The number of carbonyl (C=O) groups is 2. The van der Waals surface area contributed by atoms with Gasteiger partial charge in [-0.15, -0.1) is 0 Å². The van der Waals surface area contributed by atoms with Crippen LogP contribution < -0.4 is 5.32 Å². The largest absolute Gasteiger partial charge is 0.444 e. The SMILES string of the molecule is COC[C@@H](C)C(=O)N1CCC[C@@H](NC(=O)OC(C)(C)C)C1. The molecule has 6 nitrogen and oxygen atoms in total. The van der Waals surface area contributed by atoms with E-state index in [1.165, 1.54) is 0 Å². The molecule has 0 aromatic carbocycles. The van der Waals surface area contributed by atoms with E-state index in [2.05, 4.69) is 5.32 Å². The van der Waals surface area contributed by atoms with Crippen LogP contribution in [-0.2, 0) is 14.3 Å². The van der Waals surface area contributed by atoms with Crippen molar-refractivity contribution < 1.29 is 19.1 Å². The third-order valence-corrected chi connectivity index (χ3v) is 3.29. The van der Waals surface area contributed by atoms with Crippen LogP contribution in [0.15, 0.2) is 0 Å². The highest BCUT2D eigenvalue weighted by atomic mass is 16.6. The van der Waals surface area contributed by atoms with Crippen LogP contribution in [0.2, 0.25) is 0 Å². The molecule has 1 heterocycles. The molecular formula is C15H28N2O4. The first kappa shape index (κ1) is 17.8. The molecule has 2 atom stereocenters. The smallest absolute Gasteiger partial charge is 0.407 e. The lowest BCUT2D eigenvalue weighted by atomic mass is 10.0. The summed E-state index contributed by atoms with van der Waals surface area (Å²) >= 11 is 0. The van der Waals surface area contributed by atoms with Gasteiger partial charge in [-0.2, -0.15) is 0 Å². The molecule has 0 aromatic rings. The quantitative estimate of drug-likeness (QED) is 0.859. The van der Waals surface area contributed by atoms with E-state index in [0.29, 0.717) is 13.2 Å². The zero-order valence-corrected chi connectivity index (χ0v) is 13.8. The molecule has 0 radical (unpaired) electrons. The molecular weight excluding hydrogens is 272 g/mol. The lowest BCUT2D eigenvalue weighted by Gasteiger charge is -2.34. The normalized spacial score (nSPS) is 20.8. The topological polar surface area (TPSA) is 67.9 Å². The van der Waals surface area contributed by atoms with Crippen molar-refractivity contribution in [2.75, 3.05) is 26.8 Å². The number of nitrogens with zero attached hydrogens (tertiary/aromatic N) is 1. The number of methoxy groups -OCH3 is 1. The maximum absolute atomic E-state index is 12.3. The van der Waals surface area contributed by atoms with Crippen molar-refractivity contribution in [2.24, 2.45) is 5.92 Å². The summed E-state index contributed by atoms with van der Waals surface area (Å²) in [5.74, 6) is -0.0807. The highest BCUT2D eigenvalue weighted by Gasteiger charge is 2.28. The fourth-order valence-electron chi connectivity index (χ4n) is 2.40. The summed E-state index contributed by atoms with van der Waals surface area (Å²) in [6.45, 7) is 9.03. The molecule has 0 saturated carbocycles. The summed E-state index contributed by atoms with van der Waals surface area (Å²) in [5, 5.41) is 2.84. The lowest BCUT2D eigenvalue weighted by molar-refractivity contribution is -0.138. The van der Waals surface area contributed by atoms with Crippen LogP contribution in [0.25, 0.3) is 0 Å². The van der Waals surface area contributed by atoms with E-state index in [9.17, 15) is 9.59 Å². The van der Waals surface area contributed by atoms with Crippen LogP contribution in [0.4, 0.5) is 4.79 Å². The average molecular weight is 300 g/mol. The Balaban J connectivity index is 2.48. The van der Waals surface area contributed by atoms with Crippen LogP contribution in [0.5, 0.6) is 0 Å². The van der Waals surface area contributed by atoms with Crippen molar-refractivity contribution in [3.8, 4) is 0 Å². The standard InChI is InChI=1S/C15H28N2O4/c1-11(10-20-5)13(18)17-8-6-7-12(9-17)16-14(19)21-15(2,3)4/h11-12H,6-10H2,1-5H3,(H,16,19)/t11-,12-/m1/s1. The maximum Gasteiger partial charge on any atom is 0.407 e. The van der Waals surface area contributed by atoms with Gasteiger partial charge in [0.05, 0.1) is 12.5 Å². The van der Waals surface area contributed by atoms with Gasteiger partial charge in [0, 0.05) is 26.2 Å². The summed E-state index contributed by atoms with van der Waals surface area (Å²) in [5.41, 5.74) is -0.513. The second kappa shape index (κ2) is 7.64. The van der Waals surface area contributed by atoms with Gasteiger partial charge in [0.1, 0.15) is 5.60 Å². The number of hydrogen-bond donors (Lipinski definition) is 1. The van der Waals surface area contributed by atoms with Crippen LogP contribution in [0, 0.1) is 5.92 Å². The molecule has 0 unspecified atom stereocenters. The van der Waals surface area contributed by atoms with Crippen LogP contribution in [0.1, 0.15) is 40.5 Å². The van der Waals surface area contributed by atoms with E-state index in [0.717, 1.165) is 19.4 Å². The predicted octanol–water partition coefficient (Wildman–Crippen LogP) is 1.78. The fraction of sp³-hybridized carbons (Fsp3) is 0.867. The number of amides is 2. The molecule has 1 saturated heterocycles. The van der Waals surface area contributed by atoms with Crippen molar-refractivity contribution in [3.05, 3.63) is 0 Å². The fourth-order valence-corrected chi connectivity index (χ4v) is 2.40. The van der Waals surface area contributed by atoms with E-state index in [4.69, 9.17) is 9.47 Å². The molecule has 1 fully saturated rings. The number of likely N-dealkylation sites (tertiary alicyclic amines) is 1. The van der Waals surface area contributed by atoms with E-state index in [1.54, 1.807) is 12.0 Å². The van der Waals surface area contributed by atoms with Crippen molar-refractivity contribution in [2.45, 2.75) is 52.2 Å². The zero-order valence-electron chi connectivity index (χ0n) is 13.8. The van der Waals surface area contributed by atoms with Gasteiger partial charge >= 0.3 is 6.09 Å². The minimum absolute atomic E-state index is 0.0488. The van der Waals surface area contributed by atoms with Crippen LogP contribution >= 0.6 is 0 Å². The van der Waals surface area contributed by atoms with E-state index in [1.807, 2.05) is 27.7 Å². The van der Waals surface area contributed by atoms with Gasteiger partial charge in [0.2, 0.25) is 5.91 Å². The van der Waals surface area contributed by atoms with E-state index in [-0.39, 0.29) is 17.9 Å². The molecule has 2 amide bonds. The molecule has 0 aromatic heterocycles. The number of alkyl carbamates (subject to hydrolysis) is 1. The number of piperidine rings is 1. The van der Waals surface area contributed by atoms with E-state index >= 15 is 0 Å². The Kier molecular flexibility index (Phi) is 6.45. The predicted molar refractivity (Wildman–Crippen MR) is 80.0 cm³/mol. The number of hydrogen-bond acceptors (Lipinski definition) is 4. The molecule has 0 spiro atoms. The molecule has 1 aliphatic heterocycles. The van der Waals surface area contributed by atoms with Gasteiger partial charge in [-0.3, -0.25) is 4.79 Å². The van der Waals surface area contributed by atoms with Gasteiger partial charge in [-0.1, -0.05) is 6.92 Å². The monoisotopic (exact) mass is 300 g/mol. The van der Waals surface area contributed by atoms with E-state index < -0.39 is 11.7 Å². The Morgan fingerprint density at radius 2 is 2.05 bits per heavy atom. The molecule has 1 aliphatic rings. The van der Waals surface area contributed by atoms with Crippen molar-refractivity contribution in [1.82, 2.24) is 10.2 Å². The highest BCUT2D eigenvalue weighted by molar-refractivity contribution is 5.79. The van der Waals surface area contributed by atoms with Gasteiger partial charge in [-0.05, 0) is 33.6 Å². The Labute approximate surface area is 127 Å². The second-order valence-electron chi connectivity index (χ2n) is 6.63. The zero-order chi connectivity index (χ0) is 16.0.